The molecule has 1 aliphatic heterocycles. The van der Waals surface area contributed by atoms with Gasteiger partial charge >= 0.3 is 0 Å². The number of hydrogen-bond acceptors (Lipinski definition) is 3. The van der Waals surface area contributed by atoms with Gasteiger partial charge in [0.05, 0.1) is 12.2 Å². The zero-order chi connectivity index (χ0) is 13.1. The lowest BCUT2D eigenvalue weighted by Gasteiger charge is -2.11. The third kappa shape index (κ3) is 3.22. The lowest BCUT2D eigenvalue weighted by atomic mass is 10.1. The van der Waals surface area contributed by atoms with Crippen LogP contribution in [0.5, 0.6) is 0 Å². The monoisotopic (exact) mass is 270 g/mol. The topological polar surface area (TPSA) is 24.4 Å². The van der Waals surface area contributed by atoms with Gasteiger partial charge in [0.1, 0.15) is 0 Å². The van der Waals surface area contributed by atoms with Crippen molar-refractivity contribution in [1.29, 1.82) is 0 Å². The van der Waals surface area contributed by atoms with E-state index < -0.39 is 11.6 Å². The molecule has 18 heavy (non-hydrogen) atoms. The van der Waals surface area contributed by atoms with Gasteiger partial charge in [-0.1, -0.05) is 31.7 Å². The van der Waals surface area contributed by atoms with E-state index >= 15 is 0 Å². The number of anilines is 1. The average molecular weight is 270 g/mol. The summed E-state index contributed by atoms with van der Waals surface area (Å²) in [6, 6.07) is 4.09. The third-order valence-electron chi connectivity index (χ3n) is 2.64. The molecule has 5 heteroatoms. The summed E-state index contributed by atoms with van der Waals surface area (Å²) in [5, 5.41) is 3.96. The first-order valence-corrected chi connectivity index (χ1v) is 6.86. The molecule has 0 aliphatic carbocycles. The van der Waals surface area contributed by atoms with Crippen molar-refractivity contribution in [2.24, 2.45) is 10.9 Å². The molecule has 0 spiro atoms. The summed E-state index contributed by atoms with van der Waals surface area (Å²) in [6.45, 7) is 5.07. The molecule has 1 aromatic rings. The van der Waals surface area contributed by atoms with Crippen LogP contribution in [-0.4, -0.2) is 17.0 Å². The maximum atomic E-state index is 13.5. The zero-order valence-corrected chi connectivity index (χ0v) is 11.2. The van der Waals surface area contributed by atoms with E-state index in [-0.39, 0.29) is 5.69 Å². The second-order valence-electron chi connectivity index (χ2n) is 4.74. The van der Waals surface area contributed by atoms with Crippen molar-refractivity contribution in [3.05, 3.63) is 29.8 Å². The van der Waals surface area contributed by atoms with Crippen molar-refractivity contribution < 1.29 is 8.78 Å². The minimum atomic E-state index is -0.854. The second-order valence-corrected chi connectivity index (χ2v) is 6.03. The van der Waals surface area contributed by atoms with Crippen LogP contribution in [0.3, 0.4) is 0 Å². The predicted octanol–water partition coefficient (Wildman–Crippen LogP) is 3.89. The van der Waals surface area contributed by atoms with Gasteiger partial charge in [0, 0.05) is 5.25 Å². The zero-order valence-electron chi connectivity index (χ0n) is 10.4. The van der Waals surface area contributed by atoms with Crippen molar-refractivity contribution in [1.82, 2.24) is 0 Å². The molecule has 1 N–H and O–H groups in total. The summed E-state index contributed by atoms with van der Waals surface area (Å²) in [7, 11) is 0. The van der Waals surface area contributed by atoms with Crippen molar-refractivity contribution in [3.8, 4) is 0 Å². The Balaban J connectivity index is 1.97. The minimum Gasteiger partial charge on any atom is -0.332 e. The van der Waals surface area contributed by atoms with E-state index in [0.29, 0.717) is 16.3 Å². The summed E-state index contributed by atoms with van der Waals surface area (Å²) >= 11 is 1.60. The van der Waals surface area contributed by atoms with Crippen LogP contribution in [-0.2, 0) is 0 Å². The molecule has 1 atom stereocenters. The molecule has 1 aromatic carbocycles. The molecule has 0 bridgehead atoms. The SMILES string of the molecule is CC(C)CC1CN=C(Nc2cccc(F)c2F)S1. The Morgan fingerprint density at radius 3 is 2.94 bits per heavy atom. The molecule has 2 nitrogen and oxygen atoms in total. The highest BCUT2D eigenvalue weighted by Gasteiger charge is 2.21. The highest BCUT2D eigenvalue weighted by atomic mass is 32.2. The standard InChI is InChI=1S/C13H16F2N2S/c1-8(2)6-9-7-16-13(18-9)17-11-5-3-4-10(14)12(11)15/h3-5,8-9H,6-7H2,1-2H3,(H,16,17). The first-order valence-electron chi connectivity index (χ1n) is 5.98. The molecule has 0 aromatic heterocycles. The fourth-order valence-corrected chi connectivity index (χ4v) is 3.11. The highest BCUT2D eigenvalue weighted by molar-refractivity contribution is 8.15. The third-order valence-corrected chi connectivity index (χ3v) is 3.77. The van der Waals surface area contributed by atoms with E-state index in [1.165, 1.54) is 12.1 Å². The fourth-order valence-electron chi connectivity index (χ4n) is 1.85. The fraction of sp³-hybridized carbons (Fsp3) is 0.462. The van der Waals surface area contributed by atoms with Gasteiger partial charge in [-0.3, -0.25) is 4.99 Å². The van der Waals surface area contributed by atoms with Gasteiger partial charge in [-0.15, -0.1) is 0 Å². The second kappa shape index (κ2) is 5.69. The van der Waals surface area contributed by atoms with Crippen LogP contribution in [0.4, 0.5) is 14.5 Å². The van der Waals surface area contributed by atoms with Crippen LogP contribution in [0.15, 0.2) is 23.2 Å². The Labute approximate surface area is 110 Å². The molecular weight excluding hydrogens is 254 g/mol. The maximum absolute atomic E-state index is 13.5. The number of thioether (sulfide) groups is 1. The molecule has 0 saturated carbocycles. The normalized spacial score (nSPS) is 19.2. The smallest absolute Gasteiger partial charge is 0.182 e. The van der Waals surface area contributed by atoms with Crippen LogP contribution in [0.1, 0.15) is 20.3 Å². The van der Waals surface area contributed by atoms with Gasteiger partial charge < -0.3 is 5.32 Å². The number of amidine groups is 1. The molecule has 98 valence electrons. The van der Waals surface area contributed by atoms with Crippen molar-refractivity contribution >= 4 is 22.6 Å². The number of nitrogens with one attached hydrogen (secondary N) is 1. The Bertz CT molecular complexity index is 460. The first-order chi connectivity index (χ1) is 8.56. The molecule has 0 fully saturated rings. The Kier molecular flexibility index (Phi) is 4.22. The van der Waals surface area contributed by atoms with Crippen molar-refractivity contribution in [3.63, 3.8) is 0 Å². The molecular formula is C13H16F2N2S. The molecule has 0 amide bonds. The quantitative estimate of drug-likeness (QED) is 0.901. The van der Waals surface area contributed by atoms with Gasteiger partial charge in [-0.25, -0.2) is 8.78 Å². The van der Waals surface area contributed by atoms with Crippen molar-refractivity contribution in [2.75, 3.05) is 11.9 Å². The number of benzene rings is 1. The lowest BCUT2D eigenvalue weighted by Crippen LogP contribution is -2.10. The Morgan fingerprint density at radius 2 is 2.22 bits per heavy atom. The number of nitrogens with zero attached hydrogens (tertiary/aromatic N) is 1. The number of rotatable bonds is 3. The van der Waals surface area contributed by atoms with Crippen LogP contribution < -0.4 is 5.32 Å². The summed E-state index contributed by atoms with van der Waals surface area (Å²) in [4.78, 5) is 4.32. The summed E-state index contributed by atoms with van der Waals surface area (Å²) in [6.07, 6.45) is 1.07. The van der Waals surface area contributed by atoms with E-state index in [2.05, 4.69) is 24.2 Å². The largest absolute Gasteiger partial charge is 0.332 e. The van der Waals surface area contributed by atoms with Crippen LogP contribution in [0.2, 0.25) is 0 Å². The Morgan fingerprint density at radius 1 is 1.44 bits per heavy atom. The van der Waals surface area contributed by atoms with Gasteiger partial charge in [0.15, 0.2) is 16.8 Å². The minimum absolute atomic E-state index is 0.145. The van der Waals surface area contributed by atoms with E-state index in [0.717, 1.165) is 19.0 Å². The van der Waals surface area contributed by atoms with E-state index in [4.69, 9.17) is 0 Å². The summed E-state index contributed by atoms with van der Waals surface area (Å²) in [5.74, 6) is -1.08. The van der Waals surface area contributed by atoms with Gasteiger partial charge in [-0.05, 0) is 24.5 Å². The van der Waals surface area contributed by atoms with Crippen molar-refractivity contribution in [2.45, 2.75) is 25.5 Å². The highest BCUT2D eigenvalue weighted by Crippen LogP contribution is 2.28. The first kappa shape index (κ1) is 13.3. The number of hydrogen-bond donors (Lipinski definition) is 1. The molecule has 1 unspecified atom stereocenters. The van der Waals surface area contributed by atoms with Gasteiger partial charge in [0.25, 0.3) is 0 Å². The van der Waals surface area contributed by atoms with Crippen LogP contribution in [0.25, 0.3) is 0 Å². The van der Waals surface area contributed by atoms with Crippen LogP contribution in [0, 0.1) is 17.6 Å². The molecule has 0 radical (unpaired) electrons. The molecule has 2 rings (SSSR count). The van der Waals surface area contributed by atoms with Gasteiger partial charge in [-0.2, -0.15) is 0 Å². The maximum Gasteiger partial charge on any atom is 0.182 e. The summed E-state index contributed by atoms with van der Waals surface area (Å²) in [5.41, 5.74) is 0.145. The Hall–Kier alpha value is -1.10. The van der Waals surface area contributed by atoms with E-state index in [1.807, 2.05) is 0 Å². The number of halogens is 2. The van der Waals surface area contributed by atoms with Crippen LogP contribution >= 0.6 is 11.8 Å². The van der Waals surface area contributed by atoms with Gasteiger partial charge in [0.2, 0.25) is 0 Å². The number of aliphatic imine (C=N–C) groups is 1. The lowest BCUT2D eigenvalue weighted by molar-refractivity contribution is 0.512. The molecule has 1 heterocycles. The molecule has 1 aliphatic rings. The molecule has 0 saturated heterocycles. The predicted molar refractivity (Wildman–Crippen MR) is 73.1 cm³/mol. The summed E-state index contributed by atoms with van der Waals surface area (Å²) < 4.78 is 26.5. The average Bonchev–Trinajstić information content (AvgIpc) is 2.71. The van der Waals surface area contributed by atoms with E-state index in [1.54, 1.807) is 11.8 Å². The van der Waals surface area contributed by atoms with E-state index in [9.17, 15) is 8.78 Å².